The highest BCUT2D eigenvalue weighted by Crippen LogP contribution is 2.31. The lowest BCUT2D eigenvalue weighted by atomic mass is 9.84. The number of ketones is 1. The summed E-state index contributed by atoms with van der Waals surface area (Å²) in [6.07, 6.45) is 0.741. The molecule has 0 saturated heterocycles. The molecule has 2 atom stereocenters. The highest BCUT2D eigenvalue weighted by Gasteiger charge is 2.30. The Kier molecular flexibility index (Phi) is 7.12. The number of benzene rings is 2. The number of aryl methyl sites for hydroxylation is 2. The first-order chi connectivity index (χ1) is 13.4. The van der Waals surface area contributed by atoms with E-state index in [1.807, 2.05) is 32.9 Å². The minimum absolute atomic E-state index is 0.103. The van der Waals surface area contributed by atoms with E-state index < -0.39 is 11.6 Å². The Labute approximate surface area is 177 Å². The molecule has 0 heterocycles. The van der Waals surface area contributed by atoms with Crippen molar-refractivity contribution in [3.05, 3.63) is 63.7 Å². The molecule has 0 aromatic heterocycles. The van der Waals surface area contributed by atoms with Crippen molar-refractivity contribution in [2.75, 3.05) is 0 Å². The van der Waals surface area contributed by atoms with Crippen LogP contribution in [0.5, 0.6) is 5.75 Å². The van der Waals surface area contributed by atoms with E-state index in [-0.39, 0.29) is 17.6 Å². The summed E-state index contributed by atoms with van der Waals surface area (Å²) < 4.78 is 5.77. The summed E-state index contributed by atoms with van der Waals surface area (Å²) in [6.45, 7) is 10.9. The van der Waals surface area contributed by atoms with Crippen LogP contribution in [0.1, 0.15) is 54.7 Å². The number of rotatable bonds is 8. The Hall–Kier alpha value is -2.33. The molecular formula is C24H29ClO4. The number of aliphatic carboxylic acids is 1. The fourth-order valence-electron chi connectivity index (χ4n) is 3.30. The normalized spacial score (nSPS) is 13.6. The van der Waals surface area contributed by atoms with Gasteiger partial charge >= 0.3 is 5.97 Å². The first kappa shape index (κ1) is 23.0. The van der Waals surface area contributed by atoms with Gasteiger partial charge in [0.15, 0.2) is 11.4 Å². The van der Waals surface area contributed by atoms with Crippen LogP contribution in [0.15, 0.2) is 36.4 Å². The van der Waals surface area contributed by atoms with E-state index in [9.17, 15) is 14.7 Å². The molecule has 0 unspecified atom stereocenters. The van der Waals surface area contributed by atoms with E-state index in [4.69, 9.17) is 16.3 Å². The van der Waals surface area contributed by atoms with Crippen LogP contribution in [0.25, 0.3) is 0 Å². The van der Waals surface area contributed by atoms with Gasteiger partial charge in [-0.1, -0.05) is 37.6 Å². The van der Waals surface area contributed by atoms with Crippen molar-refractivity contribution in [1.29, 1.82) is 0 Å². The zero-order valence-electron chi connectivity index (χ0n) is 17.9. The smallest absolute Gasteiger partial charge is 0.347 e. The van der Waals surface area contributed by atoms with Gasteiger partial charge in [0.05, 0.1) is 0 Å². The average Bonchev–Trinajstić information content (AvgIpc) is 2.64. The van der Waals surface area contributed by atoms with Gasteiger partial charge in [-0.3, -0.25) is 4.79 Å². The maximum absolute atomic E-state index is 12.8. The number of ether oxygens (including phenoxy) is 1. The zero-order valence-corrected chi connectivity index (χ0v) is 18.6. The quantitative estimate of drug-likeness (QED) is 0.544. The number of hydrogen-bond acceptors (Lipinski definition) is 3. The van der Waals surface area contributed by atoms with Crippen LogP contribution >= 0.6 is 11.6 Å². The second-order valence-corrected chi connectivity index (χ2v) is 8.75. The zero-order chi connectivity index (χ0) is 21.9. The molecule has 0 radical (unpaired) electrons. The number of carbonyl (C=O) groups is 2. The van der Waals surface area contributed by atoms with Gasteiger partial charge < -0.3 is 9.84 Å². The second-order valence-electron chi connectivity index (χ2n) is 8.32. The first-order valence-corrected chi connectivity index (χ1v) is 10.1. The Balaban J connectivity index is 2.16. The van der Waals surface area contributed by atoms with E-state index >= 15 is 0 Å². The molecule has 0 spiro atoms. The molecule has 0 amide bonds. The number of halogens is 1. The molecule has 1 N–H and O–H groups in total. The molecule has 5 heteroatoms. The minimum Gasteiger partial charge on any atom is -0.478 e. The van der Waals surface area contributed by atoms with Crippen molar-refractivity contribution >= 4 is 23.4 Å². The summed E-state index contributed by atoms with van der Waals surface area (Å²) in [5.41, 5.74) is 2.24. The van der Waals surface area contributed by atoms with Gasteiger partial charge in [0.25, 0.3) is 0 Å². The molecule has 4 nitrogen and oxygen atoms in total. The number of carbonyl (C=O) groups excluding carboxylic acids is 1. The SMILES string of the molecule is Cc1cc(C[C@@H](C)[C@H](C)C(=O)c2ccc(Cl)cc2)cc(C)c1OC(C)(C)C(=O)O. The Bertz CT molecular complexity index is 877. The van der Waals surface area contributed by atoms with E-state index in [2.05, 4.69) is 6.92 Å². The molecular weight excluding hydrogens is 388 g/mol. The maximum atomic E-state index is 12.8. The summed E-state index contributed by atoms with van der Waals surface area (Å²) in [5, 5.41) is 9.93. The van der Waals surface area contributed by atoms with Crippen LogP contribution in [-0.4, -0.2) is 22.5 Å². The molecule has 2 aromatic carbocycles. The largest absolute Gasteiger partial charge is 0.478 e. The van der Waals surface area contributed by atoms with Crippen molar-refractivity contribution in [3.63, 3.8) is 0 Å². The standard InChI is InChI=1S/C24H29ClO4/c1-14(17(4)21(26)19-7-9-20(25)10-8-19)11-18-12-15(2)22(16(3)13-18)29-24(5,6)23(27)28/h7-10,12-14,17H,11H2,1-6H3,(H,27,28)/t14-,17+/m1/s1. The predicted octanol–water partition coefficient (Wildman–Crippen LogP) is 5.90. The molecule has 2 rings (SSSR count). The summed E-state index contributed by atoms with van der Waals surface area (Å²) in [6, 6.07) is 11.0. The summed E-state index contributed by atoms with van der Waals surface area (Å²) in [4.78, 5) is 24.1. The number of hydrogen-bond donors (Lipinski definition) is 1. The highest BCUT2D eigenvalue weighted by atomic mass is 35.5. The van der Waals surface area contributed by atoms with Crippen LogP contribution in [0.3, 0.4) is 0 Å². The van der Waals surface area contributed by atoms with Crippen LogP contribution in [0.2, 0.25) is 5.02 Å². The first-order valence-electron chi connectivity index (χ1n) is 9.74. The minimum atomic E-state index is -1.30. The Morgan fingerprint density at radius 2 is 1.59 bits per heavy atom. The van der Waals surface area contributed by atoms with Crippen molar-refractivity contribution in [3.8, 4) is 5.75 Å². The lowest BCUT2D eigenvalue weighted by Gasteiger charge is -2.25. The van der Waals surface area contributed by atoms with Crippen molar-refractivity contribution in [1.82, 2.24) is 0 Å². The van der Waals surface area contributed by atoms with Gasteiger partial charge in [-0.2, -0.15) is 0 Å². The van der Waals surface area contributed by atoms with Gasteiger partial charge in [-0.15, -0.1) is 0 Å². The molecule has 0 bridgehead atoms. The maximum Gasteiger partial charge on any atom is 0.347 e. The number of carboxylic acids is 1. The predicted molar refractivity (Wildman–Crippen MR) is 116 cm³/mol. The van der Waals surface area contributed by atoms with Gasteiger partial charge in [0.2, 0.25) is 0 Å². The lowest BCUT2D eigenvalue weighted by Crippen LogP contribution is -2.38. The molecule has 156 valence electrons. The monoisotopic (exact) mass is 416 g/mol. The Morgan fingerprint density at radius 1 is 1.07 bits per heavy atom. The van der Waals surface area contributed by atoms with Crippen molar-refractivity contribution < 1.29 is 19.4 Å². The average molecular weight is 417 g/mol. The molecule has 0 saturated carbocycles. The van der Waals surface area contributed by atoms with Gasteiger partial charge in [-0.05, 0) is 81.0 Å². The third-order valence-electron chi connectivity index (χ3n) is 5.35. The summed E-state index contributed by atoms with van der Waals surface area (Å²) in [5.74, 6) is -0.314. The fraction of sp³-hybridized carbons (Fsp3) is 0.417. The molecule has 0 aliphatic rings. The topological polar surface area (TPSA) is 63.6 Å². The van der Waals surface area contributed by atoms with E-state index in [1.54, 1.807) is 24.3 Å². The fourth-order valence-corrected chi connectivity index (χ4v) is 3.43. The lowest BCUT2D eigenvalue weighted by molar-refractivity contribution is -0.152. The molecule has 29 heavy (non-hydrogen) atoms. The van der Waals surface area contributed by atoms with E-state index in [0.717, 1.165) is 23.1 Å². The highest BCUT2D eigenvalue weighted by molar-refractivity contribution is 6.30. The second kappa shape index (κ2) is 9.00. The van der Waals surface area contributed by atoms with E-state index in [1.165, 1.54) is 13.8 Å². The van der Waals surface area contributed by atoms with Crippen LogP contribution < -0.4 is 4.74 Å². The van der Waals surface area contributed by atoms with Crippen LogP contribution in [0, 0.1) is 25.7 Å². The van der Waals surface area contributed by atoms with Crippen LogP contribution in [0.4, 0.5) is 0 Å². The molecule has 2 aromatic rings. The number of Topliss-reactive ketones (excluding diaryl/α,β-unsaturated/α-hetero) is 1. The summed E-state index contributed by atoms with van der Waals surface area (Å²) in [7, 11) is 0. The molecule has 0 aliphatic heterocycles. The molecule has 0 aliphatic carbocycles. The van der Waals surface area contributed by atoms with Crippen LogP contribution in [-0.2, 0) is 11.2 Å². The third kappa shape index (κ3) is 5.60. The van der Waals surface area contributed by atoms with Crippen molar-refractivity contribution in [2.24, 2.45) is 11.8 Å². The van der Waals surface area contributed by atoms with E-state index in [0.29, 0.717) is 16.3 Å². The van der Waals surface area contributed by atoms with Gasteiger partial charge in [0, 0.05) is 16.5 Å². The Morgan fingerprint density at radius 3 is 2.07 bits per heavy atom. The molecule has 0 fully saturated rings. The third-order valence-corrected chi connectivity index (χ3v) is 5.60. The summed E-state index contributed by atoms with van der Waals surface area (Å²) >= 11 is 5.91. The van der Waals surface area contributed by atoms with Crippen molar-refractivity contribution in [2.45, 2.75) is 53.6 Å². The number of carboxylic acid groups (broad SMARTS) is 1. The van der Waals surface area contributed by atoms with Gasteiger partial charge in [-0.25, -0.2) is 4.79 Å². The van der Waals surface area contributed by atoms with Gasteiger partial charge in [0.1, 0.15) is 5.75 Å².